The van der Waals surface area contributed by atoms with E-state index in [9.17, 15) is 9.59 Å². The molecule has 0 saturated carbocycles. The fourth-order valence-electron chi connectivity index (χ4n) is 1.88. The minimum absolute atomic E-state index is 0.296. The number of amides is 2. The van der Waals surface area contributed by atoms with Crippen LogP contribution in [0.1, 0.15) is 27.0 Å². The second kappa shape index (κ2) is 8.55. The number of thioether (sulfide) groups is 1. The van der Waals surface area contributed by atoms with Gasteiger partial charge in [-0.3, -0.25) is 20.4 Å². The molecule has 0 atom stereocenters. The van der Waals surface area contributed by atoms with Gasteiger partial charge in [-0.15, -0.1) is 11.3 Å². The molecule has 1 aromatic carbocycles. The van der Waals surface area contributed by atoms with Crippen molar-refractivity contribution in [1.82, 2.24) is 10.9 Å². The normalized spacial score (nSPS) is 10.7. The van der Waals surface area contributed by atoms with Crippen LogP contribution in [0, 0.1) is 6.92 Å². The molecule has 120 valence electrons. The fraction of sp³-hybridized carbons (Fsp3) is 0.176. The molecule has 2 aromatic rings. The van der Waals surface area contributed by atoms with Crippen molar-refractivity contribution in [3.63, 3.8) is 0 Å². The van der Waals surface area contributed by atoms with Gasteiger partial charge in [0.15, 0.2) is 0 Å². The van der Waals surface area contributed by atoms with Gasteiger partial charge in [0.25, 0.3) is 11.8 Å². The maximum absolute atomic E-state index is 12.0. The second-order valence-electron chi connectivity index (χ2n) is 4.75. The molecule has 1 aromatic heterocycles. The highest BCUT2D eigenvalue weighted by molar-refractivity contribution is 8.02. The Morgan fingerprint density at radius 1 is 1.22 bits per heavy atom. The summed E-state index contributed by atoms with van der Waals surface area (Å²) in [4.78, 5) is 26.5. The van der Waals surface area contributed by atoms with Gasteiger partial charge in [-0.05, 0) is 42.5 Å². The molecular formula is C17H18N2O2S2. The predicted molar refractivity (Wildman–Crippen MR) is 95.5 cm³/mol. The van der Waals surface area contributed by atoms with Crippen LogP contribution in [-0.4, -0.2) is 11.8 Å². The summed E-state index contributed by atoms with van der Waals surface area (Å²) in [5.41, 5.74) is 5.91. The lowest BCUT2D eigenvalue weighted by Gasteiger charge is -2.03. The number of benzene rings is 1. The van der Waals surface area contributed by atoms with Crippen LogP contribution in [0.15, 0.2) is 52.8 Å². The average Bonchev–Trinajstić information content (AvgIpc) is 2.94. The Bertz CT molecular complexity index is 709. The summed E-state index contributed by atoms with van der Waals surface area (Å²) >= 11 is 2.88. The van der Waals surface area contributed by atoms with Crippen molar-refractivity contribution in [1.29, 1.82) is 0 Å². The monoisotopic (exact) mass is 346 g/mol. The molecule has 4 nitrogen and oxygen atoms in total. The van der Waals surface area contributed by atoms with Crippen molar-refractivity contribution in [3.05, 3.63) is 63.2 Å². The highest BCUT2D eigenvalue weighted by atomic mass is 32.2. The lowest BCUT2D eigenvalue weighted by Crippen LogP contribution is -2.40. The molecule has 2 N–H and O–H groups in total. The van der Waals surface area contributed by atoms with E-state index >= 15 is 0 Å². The first-order chi connectivity index (χ1) is 11.1. The lowest BCUT2D eigenvalue weighted by atomic mass is 10.2. The summed E-state index contributed by atoms with van der Waals surface area (Å²) < 4.78 is 0. The van der Waals surface area contributed by atoms with Crippen LogP contribution in [0.2, 0.25) is 0 Å². The van der Waals surface area contributed by atoms with E-state index in [-0.39, 0.29) is 11.8 Å². The Hall–Kier alpha value is -2.05. The topological polar surface area (TPSA) is 58.2 Å². The molecule has 0 radical (unpaired) electrons. The third kappa shape index (κ3) is 5.26. The maximum atomic E-state index is 12.0. The number of hydrogen-bond acceptors (Lipinski definition) is 4. The number of thiophene rings is 1. The van der Waals surface area contributed by atoms with Crippen molar-refractivity contribution in [2.24, 2.45) is 0 Å². The van der Waals surface area contributed by atoms with E-state index < -0.39 is 0 Å². The molecule has 0 aliphatic rings. The highest BCUT2D eigenvalue weighted by Crippen LogP contribution is 2.22. The van der Waals surface area contributed by atoms with Gasteiger partial charge in [0.1, 0.15) is 0 Å². The molecular weight excluding hydrogens is 328 g/mol. The van der Waals surface area contributed by atoms with E-state index in [0.717, 1.165) is 16.9 Å². The molecule has 2 amide bonds. The predicted octanol–water partition coefficient (Wildman–Crippen LogP) is 3.69. The highest BCUT2D eigenvalue weighted by Gasteiger charge is 2.11. The Morgan fingerprint density at radius 3 is 2.61 bits per heavy atom. The number of carbonyl (C=O) groups excluding carboxylic acids is 2. The summed E-state index contributed by atoms with van der Waals surface area (Å²) in [5, 5.41) is 1.68. The molecule has 0 bridgehead atoms. The fourth-order valence-corrected chi connectivity index (χ4v) is 3.55. The van der Waals surface area contributed by atoms with Gasteiger partial charge in [0.05, 0.1) is 4.88 Å². The van der Waals surface area contributed by atoms with Crippen LogP contribution in [-0.2, 0) is 11.2 Å². The van der Waals surface area contributed by atoms with E-state index in [2.05, 4.69) is 17.8 Å². The van der Waals surface area contributed by atoms with E-state index in [1.54, 1.807) is 5.41 Å². The first-order valence-corrected chi connectivity index (χ1v) is 8.87. The second-order valence-corrected chi connectivity index (χ2v) is 6.86. The number of rotatable bonds is 5. The van der Waals surface area contributed by atoms with E-state index in [0.29, 0.717) is 4.88 Å². The van der Waals surface area contributed by atoms with E-state index in [4.69, 9.17) is 0 Å². The van der Waals surface area contributed by atoms with Gasteiger partial charge < -0.3 is 0 Å². The smallest absolute Gasteiger partial charge is 0.268 e. The Balaban J connectivity index is 1.80. The number of hydrazine groups is 1. The summed E-state index contributed by atoms with van der Waals surface area (Å²) in [6.07, 6.45) is 2.28. The molecule has 23 heavy (non-hydrogen) atoms. The van der Waals surface area contributed by atoms with Gasteiger partial charge in [-0.2, -0.15) is 0 Å². The standard InChI is InChI=1S/C17H18N2O2S2/c1-3-14-12(2)11-15(23-14)17(21)19-18-16(20)9-10-22-13-7-5-4-6-8-13/h4-11H,3H2,1-2H3,(H,18,20)(H,19,21)/b10-9+. The van der Waals surface area contributed by atoms with Gasteiger partial charge in [-0.25, -0.2) is 0 Å². The van der Waals surface area contributed by atoms with Gasteiger partial charge in [-0.1, -0.05) is 36.9 Å². The van der Waals surface area contributed by atoms with Gasteiger partial charge in [0, 0.05) is 15.8 Å². The molecule has 6 heteroatoms. The SMILES string of the molecule is CCc1sc(C(=O)NNC(=O)/C=C/Sc2ccccc2)cc1C. The summed E-state index contributed by atoms with van der Waals surface area (Å²) in [5.74, 6) is -0.666. The number of hydrogen-bond donors (Lipinski definition) is 2. The largest absolute Gasteiger partial charge is 0.279 e. The van der Waals surface area contributed by atoms with Crippen molar-refractivity contribution in [3.8, 4) is 0 Å². The zero-order chi connectivity index (χ0) is 16.7. The van der Waals surface area contributed by atoms with Crippen LogP contribution >= 0.6 is 23.1 Å². The zero-order valence-corrected chi connectivity index (χ0v) is 14.6. The first-order valence-electron chi connectivity index (χ1n) is 7.18. The average molecular weight is 346 g/mol. The Morgan fingerprint density at radius 2 is 1.96 bits per heavy atom. The molecule has 0 saturated heterocycles. The molecule has 0 fully saturated rings. The summed E-state index contributed by atoms with van der Waals surface area (Å²) in [6, 6.07) is 11.6. The number of nitrogens with one attached hydrogen (secondary N) is 2. The van der Waals surface area contributed by atoms with Crippen molar-refractivity contribution in [2.75, 3.05) is 0 Å². The van der Waals surface area contributed by atoms with Gasteiger partial charge >= 0.3 is 0 Å². The van der Waals surface area contributed by atoms with E-state index in [1.165, 1.54) is 34.1 Å². The maximum Gasteiger partial charge on any atom is 0.279 e. The minimum Gasteiger partial charge on any atom is -0.268 e. The molecule has 0 aliphatic heterocycles. The Kier molecular flexibility index (Phi) is 6.43. The van der Waals surface area contributed by atoms with Crippen LogP contribution in [0.4, 0.5) is 0 Å². The van der Waals surface area contributed by atoms with Crippen molar-refractivity contribution < 1.29 is 9.59 Å². The number of aryl methyl sites for hydroxylation is 2. The molecule has 0 aliphatic carbocycles. The molecule has 0 unspecified atom stereocenters. The molecule has 2 rings (SSSR count). The van der Waals surface area contributed by atoms with Crippen molar-refractivity contribution in [2.45, 2.75) is 25.2 Å². The van der Waals surface area contributed by atoms with Crippen LogP contribution in [0.3, 0.4) is 0 Å². The molecule has 0 spiro atoms. The molecule has 1 heterocycles. The first kappa shape index (κ1) is 17.3. The third-order valence-corrected chi connectivity index (χ3v) is 5.23. The third-order valence-electron chi connectivity index (χ3n) is 3.03. The van der Waals surface area contributed by atoms with Crippen LogP contribution < -0.4 is 10.9 Å². The quantitative estimate of drug-likeness (QED) is 0.493. The van der Waals surface area contributed by atoms with Gasteiger partial charge in [0.2, 0.25) is 0 Å². The lowest BCUT2D eigenvalue weighted by molar-refractivity contribution is -0.117. The summed E-state index contributed by atoms with van der Waals surface area (Å²) in [6.45, 7) is 4.03. The van der Waals surface area contributed by atoms with Crippen LogP contribution in [0.5, 0.6) is 0 Å². The number of carbonyl (C=O) groups is 2. The van der Waals surface area contributed by atoms with Crippen LogP contribution in [0.25, 0.3) is 0 Å². The van der Waals surface area contributed by atoms with E-state index in [1.807, 2.05) is 43.3 Å². The van der Waals surface area contributed by atoms with Crippen molar-refractivity contribution >= 4 is 34.9 Å². The Labute approximate surface area is 144 Å². The minimum atomic E-state index is -0.370. The summed E-state index contributed by atoms with van der Waals surface area (Å²) in [7, 11) is 0. The zero-order valence-electron chi connectivity index (χ0n) is 13.0.